The lowest BCUT2D eigenvalue weighted by molar-refractivity contribution is 0.590. The van der Waals surface area contributed by atoms with Gasteiger partial charge < -0.3 is 5.32 Å². The summed E-state index contributed by atoms with van der Waals surface area (Å²) in [6.45, 7) is 6.65. The molecule has 0 aliphatic rings. The van der Waals surface area contributed by atoms with E-state index < -0.39 is 0 Å². The quantitative estimate of drug-likeness (QED) is 0.510. The zero-order chi connectivity index (χ0) is 18.9. The molecule has 0 bridgehead atoms. The highest BCUT2D eigenvalue weighted by Crippen LogP contribution is 2.28. The monoisotopic (exact) mass is 354 g/mol. The SMILES string of the molecule is CC(C)(C)c1ccc(-c2cc(Nc3cccc4cnccc34)ncn2)cc1. The van der Waals surface area contributed by atoms with Crippen molar-refractivity contribution in [2.24, 2.45) is 0 Å². The smallest absolute Gasteiger partial charge is 0.134 e. The van der Waals surface area contributed by atoms with E-state index in [1.54, 1.807) is 12.5 Å². The molecule has 0 aliphatic heterocycles. The zero-order valence-corrected chi connectivity index (χ0v) is 15.8. The summed E-state index contributed by atoms with van der Waals surface area (Å²) in [6.07, 6.45) is 5.26. The van der Waals surface area contributed by atoms with Crippen LogP contribution in [0.1, 0.15) is 26.3 Å². The minimum atomic E-state index is 0.139. The molecule has 0 amide bonds. The van der Waals surface area contributed by atoms with E-state index in [0.717, 1.165) is 33.5 Å². The first-order valence-electron chi connectivity index (χ1n) is 9.03. The second-order valence-corrected chi connectivity index (χ2v) is 7.64. The van der Waals surface area contributed by atoms with Crippen molar-refractivity contribution in [1.29, 1.82) is 0 Å². The van der Waals surface area contributed by atoms with Gasteiger partial charge in [-0.3, -0.25) is 4.98 Å². The summed E-state index contributed by atoms with van der Waals surface area (Å²) in [5, 5.41) is 5.62. The Morgan fingerprint density at radius 2 is 1.70 bits per heavy atom. The molecule has 0 atom stereocenters. The Kier molecular flexibility index (Phi) is 4.32. The Morgan fingerprint density at radius 1 is 0.889 bits per heavy atom. The van der Waals surface area contributed by atoms with Gasteiger partial charge in [0.25, 0.3) is 0 Å². The normalized spacial score (nSPS) is 11.5. The van der Waals surface area contributed by atoms with Crippen LogP contribution in [0.5, 0.6) is 0 Å². The number of nitrogens with zero attached hydrogens (tertiary/aromatic N) is 3. The molecule has 2 aromatic carbocycles. The second-order valence-electron chi connectivity index (χ2n) is 7.64. The third-order valence-electron chi connectivity index (χ3n) is 4.66. The van der Waals surface area contributed by atoms with E-state index >= 15 is 0 Å². The van der Waals surface area contributed by atoms with Gasteiger partial charge in [-0.1, -0.05) is 57.2 Å². The van der Waals surface area contributed by atoms with E-state index in [0.29, 0.717) is 0 Å². The van der Waals surface area contributed by atoms with Crippen molar-refractivity contribution in [3.05, 3.63) is 78.9 Å². The third kappa shape index (κ3) is 3.65. The van der Waals surface area contributed by atoms with Gasteiger partial charge in [-0.2, -0.15) is 0 Å². The van der Waals surface area contributed by atoms with Gasteiger partial charge in [0.05, 0.1) is 5.69 Å². The molecule has 2 heterocycles. The third-order valence-corrected chi connectivity index (χ3v) is 4.66. The number of anilines is 2. The van der Waals surface area contributed by atoms with E-state index in [9.17, 15) is 0 Å². The molecule has 0 saturated heterocycles. The first-order chi connectivity index (χ1) is 13.0. The number of hydrogen-bond donors (Lipinski definition) is 1. The Morgan fingerprint density at radius 3 is 2.48 bits per heavy atom. The van der Waals surface area contributed by atoms with Crippen LogP contribution in [0.4, 0.5) is 11.5 Å². The van der Waals surface area contributed by atoms with Crippen molar-refractivity contribution in [1.82, 2.24) is 15.0 Å². The number of benzene rings is 2. The molecule has 0 fully saturated rings. The van der Waals surface area contributed by atoms with Gasteiger partial charge in [0.2, 0.25) is 0 Å². The second kappa shape index (κ2) is 6.80. The minimum absolute atomic E-state index is 0.139. The maximum absolute atomic E-state index is 4.44. The molecule has 0 aliphatic carbocycles. The number of hydrogen-bond acceptors (Lipinski definition) is 4. The minimum Gasteiger partial charge on any atom is -0.340 e. The molecule has 4 rings (SSSR count). The van der Waals surface area contributed by atoms with Crippen molar-refractivity contribution >= 4 is 22.3 Å². The van der Waals surface area contributed by atoms with Crippen LogP contribution in [-0.2, 0) is 5.41 Å². The van der Waals surface area contributed by atoms with E-state index in [-0.39, 0.29) is 5.41 Å². The largest absolute Gasteiger partial charge is 0.340 e. The molecule has 4 heteroatoms. The van der Waals surface area contributed by atoms with Crippen LogP contribution < -0.4 is 5.32 Å². The predicted molar refractivity (Wildman–Crippen MR) is 111 cm³/mol. The Balaban J connectivity index is 1.65. The molecular weight excluding hydrogens is 332 g/mol. The molecule has 0 unspecified atom stereocenters. The van der Waals surface area contributed by atoms with Crippen molar-refractivity contribution < 1.29 is 0 Å². The lowest BCUT2D eigenvalue weighted by Gasteiger charge is -2.19. The standard InChI is InChI=1S/C23H22N4/c1-23(2,3)18-9-7-16(8-10-18)21-13-22(26-15-25-21)27-20-6-4-5-17-14-24-12-11-19(17)20/h4-15H,1-3H3,(H,25,26,27). The highest BCUT2D eigenvalue weighted by Gasteiger charge is 2.13. The van der Waals surface area contributed by atoms with Crippen LogP contribution in [0, 0.1) is 0 Å². The maximum Gasteiger partial charge on any atom is 0.134 e. The summed E-state index contributed by atoms with van der Waals surface area (Å²) in [5.41, 5.74) is 4.43. The van der Waals surface area contributed by atoms with Gasteiger partial charge in [-0.05, 0) is 23.1 Å². The van der Waals surface area contributed by atoms with Crippen LogP contribution in [0.15, 0.2) is 73.3 Å². The molecule has 0 radical (unpaired) electrons. The first kappa shape index (κ1) is 17.2. The predicted octanol–water partition coefficient (Wildman–Crippen LogP) is 5.73. The number of aromatic nitrogens is 3. The van der Waals surface area contributed by atoms with Crippen molar-refractivity contribution in [2.75, 3.05) is 5.32 Å². The van der Waals surface area contributed by atoms with Gasteiger partial charge in [0, 0.05) is 40.5 Å². The summed E-state index contributed by atoms with van der Waals surface area (Å²) < 4.78 is 0. The van der Waals surface area contributed by atoms with Gasteiger partial charge in [-0.25, -0.2) is 9.97 Å². The lowest BCUT2D eigenvalue weighted by atomic mass is 9.86. The van der Waals surface area contributed by atoms with Crippen LogP contribution >= 0.6 is 0 Å². The highest BCUT2D eigenvalue weighted by molar-refractivity contribution is 5.94. The summed E-state index contributed by atoms with van der Waals surface area (Å²) in [5.74, 6) is 0.768. The molecule has 2 aromatic heterocycles. The van der Waals surface area contributed by atoms with Crippen molar-refractivity contribution in [3.8, 4) is 11.3 Å². The van der Waals surface area contributed by atoms with Crippen LogP contribution in [0.2, 0.25) is 0 Å². The zero-order valence-electron chi connectivity index (χ0n) is 15.8. The summed E-state index contributed by atoms with van der Waals surface area (Å²) in [4.78, 5) is 13.0. The average molecular weight is 354 g/mol. The summed E-state index contributed by atoms with van der Waals surface area (Å²) in [6, 6.07) is 18.7. The Hall–Kier alpha value is -3.27. The van der Waals surface area contributed by atoms with Crippen LogP contribution in [0.3, 0.4) is 0 Å². The van der Waals surface area contributed by atoms with Crippen LogP contribution in [-0.4, -0.2) is 15.0 Å². The number of rotatable bonds is 3. The fourth-order valence-corrected chi connectivity index (χ4v) is 3.09. The molecule has 134 valence electrons. The van der Waals surface area contributed by atoms with Gasteiger partial charge in [0.15, 0.2) is 0 Å². The molecule has 4 aromatic rings. The molecule has 4 nitrogen and oxygen atoms in total. The first-order valence-corrected chi connectivity index (χ1v) is 9.03. The van der Waals surface area contributed by atoms with Gasteiger partial charge >= 0.3 is 0 Å². The molecule has 0 spiro atoms. The highest BCUT2D eigenvalue weighted by atomic mass is 15.0. The Labute approximate surface area is 159 Å². The number of pyridine rings is 1. The molecule has 27 heavy (non-hydrogen) atoms. The van der Waals surface area contributed by atoms with E-state index in [2.05, 4.69) is 71.4 Å². The summed E-state index contributed by atoms with van der Waals surface area (Å²) in [7, 11) is 0. The fourth-order valence-electron chi connectivity index (χ4n) is 3.09. The lowest BCUT2D eigenvalue weighted by Crippen LogP contribution is -2.10. The summed E-state index contributed by atoms with van der Waals surface area (Å²) >= 11 is 0. The van der Waals surface area contributed by atoms with Gasteiger partial charge in [-0.15, -0.1) is 0 Å². The number of nitrogens with one attached hydrogen (secondary N) is 1. The van der Waals surface area contributed by atoms with Crippen LogP contribution in [0.25, 0.3) is 22.0 Å². The van der Waals surface area contributed by atoms with E-state index in [1.807, 2.05) is 30.5 Å². The average Bonchev–Trinajstić information content (AvgIpc) is 2.68. The Bertz CT molecular complexity index is 1070. The van der Waals surface area contributed by atoms with Gasteiger partial charge in [0.1, 0.15) is 12.1 Å². The topological polar surface area (TPSA) is 50.7 Å². The van der Waals surface area contributed by atoms with E-state index in [1.165, 1.54) is 5.56 Å². The van der Waals surface area contributed by atoms with Crippen molar-refractivity contribution in [3.63, 3.8) is 0 Å². The molecular formula is C23H22N4. The number of fused-ring (bicyclic) bond motifs is 1. The molecule has 1 N–H and O–H groups in total. The molecule has 0 saturated carbocycles. The van der Waals surface area contributed by atoms with E-state index in [4.69, 9.17) is 0 Å². The van der Waals surface area contributed by atoms with Crippen molar-refractivity contribution in [2.45, 2.75) is 26.2 Å². The fraction of sp³-hybridized carbons (Fsp3) is 0.174. The maximum atomic E-state index is 4.44.